The van der Waals surface area contributed by atoms with E-state index in [1.807, 2.05) is 6.92 Å². The molecule has 0 spiro atoms. The van der Waals surface area contributed by atoms with Crippen molar-refractivity contribution < 1.29 is 4.74 Å². The highest BCUT2D eigenvalue weighted by Crippen LogP contribution is 1.76. The van der Waals surface area contributed by atoms with Crippen molar-refractivity contribution in [3.8, 4) is 12.3 Å². The third-order valence-corrected chi connectivity index (χ3v) is 0.716. The molecule has 46 valence electrons. The van der Waals surface area contributed by atoms with E-state index in [1.165, 1.54) is 0 Å². The molecule has 0 aliphatic rings. The maximum absolute atomic E-state index is 5.30. The number of nitrogens with two attached hydrogens (primary N) is 1. The van der Waals surface area contributed by atoms with E-state index < -0.39 is 0 Å². The molecule has 2 N–H and O–H groups in total. The zero-order valence-electron chi connectivity index (χ0n) is 5.05. The summed E-state index contributed by atoms with van der Waals surface area (Å²) < 4.78 is 4.92. The number of rotatable bonds is 3. The first-order chi connectivity index (χ1) is 3.81. The molecule has 0 saturated carbocycles. The lowest BCUT2D eigenvalue weighted by Crippen LogP contribution is -2.23. The summed E-state index contributed by atoms with van der Waals surface area (Å²) in [6.07, 6.45) is 4.96. The van der Waals surface area contributed by atoms with Crippen molar-refractivity contribution in [2.24, 2.45) is 5.73 Å². The Kier molecular flexibility index (Phi) is 4.33. The van der Waals surface area contributed by atoms with Gasteiger partial charge < -0.3 is 10.5 Å². The molecule has 1 atom stereocenters. The number of ether oxygens (including phenoxy) is 1. The third kappa shape index (κ3) is 3.66. The maximum Gasteiger partial charge on any atom is 0.0899 e. The summed E-state index contributed by atoms with van der Waals surface area (Å²) in [4.78, 5) is 0. The third-order valence-electron chi connectivity index (χ3n) is 0.716. The van der Waals surface area contributed by atoms with Gasteiger partial charge in [0.2, 0.25) is 0 Å². The highest BCUT2D eigenvalue weighted by Gasteiger charge is 1.92. The van der Waals surface area contributed by atoms with E-state index in [-0.39, 0.29) is 6.04 Å². The van der Waals surface area contributed by atoms with Crippen molar-refractivity contribution in [1.82, 2.24) is 0 Å². The first kappa shape index (κ1) is 7.48. The second-order valence-corrected chi connectivity index (χ2v) is 1.43. The Hall–Kier alpha value is -0.520. The van der Waals surface area contributed by atoms with Crippen LogP contribution in [0.5, 0.6) is 0 Å². The van der Waals surface area contributed by atoms with Crippen molar-refractivity contribution in [3.63, 3.8) is 0 Å². The molecule has 0 aromatic carbocycles. The number of terminal acetylenes is 1. The van der Waals surface area contributed by atoms with Gasteiger partial charge in [0.05, 0.1) is 12.6 Å². The molecule has 0 aliphatic heterocycles. The van der Waals surface area contributed by atoms with Gasteiger partial charge in [-0.05, 0) is 6.92 Å². The molecular weight excluding hydrogens is 102 g/mol. The molecule has 1 unspecified atom stereocenters. The van der Waals surface area contributed by atoms with Crippen LogP contribution in [0.1, 0.15) is 6.92 Å². The van der Waals surface area contributed by atoms with Crippen LogP contribution in [-0.4, -0.2) is 19.3 Å². The average molecular weight is 113 g/mol. The van der Waals surface area contributed by atoms with Gasteiger partial charge in [0, 0.05) is 6.61 Å². The molecule has 0 aliphatic carbocycles. The Morgan fingerprint density at radius 3 is 2.88 bits per heavy atom. The van der Waals surface area contributed by atoms with Crippen LogP contribution in [0, 0.1) is 12.3 Å². The summed E-state index contributed by atoms with van der Waals surface area (Å²) in [6.45, 7) is 3.05. The van der Waals surface area contributed by atoms with Gasteiger partial charge in [-0.3, -0.25) is 0 Å². The Balaban J connectivity index is 3.02. The Labute approximate surface area is 50.0 Å². The fourth-order valence-corrected chi connectivity index (χ4v) is 0.293. The molecule has 2 heteroatoms. The summed E-state index contributed by atoms with van der Waals surface area (Å²) in [6, 6.07) is -0.241. The summed E-state index contributed by atoms with van der Waals surface area (Å²) in [7, 11) is 0. The first-order valence-corrected chi connectivity index (χ1v) is 2.60. The maximum atomic E-state index is 5.30. The smallest absolute Gasteiger partial charge is 0.0899 e. The van der Waals surface area contributed by atoms with Crippen molar-refractivity contribution in [3.05, 3.63) is 0 Å². The van der Waals surface area contributed by atoms with Gasteiger partial charge in [-0.2, -0.15) is 0 Å². The van der Waals surface area contributed by atoms with Crippen molar-refractivity contribution in [2.45, 2.75) is 13.0 Å². The fourth-order valence-electron chi connectivity index (χ4n) is 0.293. The molecule has 0 amide bonds. The molecule has 0 bridgehead atoms. The van der Waals surface area contributed by atoms with Crippen LogP contribution >= 0.6 is 0 Å². The molecule has 2 nitrogen and oxygen atoms in total. The predicted molar refractivity (Wildman–Crippen MR) is 33.3 cm³/mol. The molecule has 0 rings (SSSR count). The predicted octanol–water partition coefficient (Wildman–Crippen LogP) is -0.0166. The summed E-state index contributed by atoms with van der Waals surface area (Å²) in [5.74, 6) is 2.35. The van der Waals surface area contributed by atoms with Crippen LogP contribution in [-0.2, 0) is 4.74 Å². The zero-order valence-corrected chi connectivity index (χ0v) is 5.05. The minimum Gasteiger partial charge on any atom is -0.379 e. The highest BCUT2D eigenvalue weighted by molar-refractivity contribution is 4.96. The van der Waals surface area contributed by atoms with E-state index in [4.69, 9.17) is 16.9 Å². The lowest BCUT2D eigenvalue weighted by Gasteiger charge is -2.01. The normalized spacial score (nSPS) is 12.6. The quantitative estimate of drug-likeness (QED) is 0.522. The van der Waals surface area contributed by atoms with E-state index in [9.17, 15) is 0 Å². The van der Waals surface area contributed by atoms with E-state index in [0.717, 1.165) is 0 Å². The second-order valence-electron chi connectivity index (χ2n) is 1.43. The van der Waals surface area contributed by atoms with E-state index in [0.29, 0.717) is 13.2 Å². The zero-order chi connectivity index (χ0) is 6.41. The van der Waals surface area contributed by atoms with E-state index in [1.54, 1.807) is 0 Å². The van der Waals surface area contributed by atoms with Crippen molar-refractivity contribution in [1.29, 1.82) is 0 Å². The van der Waals surface area contributed by atoms with Crippen LogP contribution in [0.3, 0.4) is 0 Å². The van der Waals surface area contributed by atoms with E-state index in [2.05, 4.69) is 5.92 Å². The molecule has 0 fully saturated rings. The van der Waals surface area contributed by atoms with Gasteiger partial charge >= 0.3 is 0 Å². The molecule has 0 radical (unpaired) electrons. The minimum absolute atomic E-state index is 0.241. The van der Waals surface area contributed by atoms with Crippen molar-refractivity contribution in [2.75, 3.05) is 13.2 Å². The van der Waals surface area contributed by atoms with Crippen LogP contribution < -0.4 is 5.73 Å². The highest BCUT2D eigenvalue weighted by atomic mass is 16.5. The SMILES string of the molecule is C#CC(N)COCC. The summed E-state index contributed by atoms with van der Waals surface area (Å²) >= 11 is 0. The fraction of sp³-hybridized carbons (Fsp3) is 0.667. The second kappa shape index (κ2) is 4.63. The molecule has 0 saturated heterocycles. The van der Waals surface area contributed by atoms with Crippen molar-refractivity contribution >= 4 is 0 Å². The number of hydrogen-bond acceptors (Lipinski definition) is 2. The topological polar surface area (TPSA) is 35.2 Å². The Morgan fingerprint density at radius 2 is 2.50 bits per heavy atom. The van der Waals surface area contributed by atoms with Gasteiger partial charge in [-0.15, -0.1) is 6.42 Å². The molecule has 8 heavy (non-hydrogen) atoms. The lowest BCUT2D eigenvalue weighted by molar-refractivity contribution is 0.144. The molecule has 0 heterocycles. The lowest BCUT2D eigenvalue weighted by atomic mass is 10.4. The first-order valence-electron chi connectivity index (χ1n) is 2.60. The monoisotopic (exact) mass is 113 g/mol. The summed E-state index contributed by atoms with van der Waals surface area (Å²) in [5.41, 5.74) is 5.30. The minimum atomic E-state index is -0.241. The van der Waals surface area contributed by atoms with Gasteiger partial charge in [-0.25, -0.2) is 0 Å². The standard InChI is InChI=1S/C6H11NO/c1-3-6(7)5-8-4-2/h1,6H,4-5,7H2,2H3. The van der Waals surface area contributed by atoms with Gasteiger partial charge in [-0.1, -0.05) is 5.92 Å². The van der Waals surface area contributed by atoms with Crippen LogP contribution in [0.4, 0.5) is 0 Å². The molecule has 0 aromatic rings. The molecule has 0 aromatic heterocycles. The van der Waals surface area contributed by atoms with E-state index >= 15 is 0 Å². The Morgan fingerprint density at radius 1 is 1.88 bits per heavy atom. The average Bonchev–Trinajstić information content (AvgIpc) is 1.83. The van der Waals surface area contributed by atoms with Gasteiger partial charge in [0.15, 0.2) is 0 Å². The largest absolute Gasteiger partial charge is 0.379 e. The van der Waals surface area contributed by atoms with Crippen LogP contribution in [0.2, 0.25) is 0 Å². The Bertz CT molecular complexity index is 85.0. The molecular formula is C6H11NO. The van der Waals surface area contributed by atoms with Crippen LogP contribution in [0.15, 0.2) is 0 Å². The summed E-state index contributed by atoms with van der Waals surface area (Å²) in [5, 5.41) is 0. The van der Waals surface area contributed by atoms with Gasteiger partial charge in [0.25, 0.3) is 0 Å². The van der Waals surface area contributed by atoms with Crippen LogP contribution in [0.25, 0.3) is 0 Å². The number of hydrogen-bond donors (Lipinski definition) is 1. The van der Waals surface area contributed by atoms with Gasteiger partial charge in [0.1, 0.15) is 0 Å².